The van der Waals surface area contributed by atoms with Gasteiger partial charge in [-0.25, -0.2) is 4.98 Å². The number of nitrogens with zero attached hydrogens (tertiary/aromatic N) is 2. The molecular weight excluding hydrogens is 238 g/mol. The SMILES string of the molecule is CC[C@@H](CNC(=O)c1cnccn1)c1ccccc1. The minimum atomic E-state index is -0.178. The van der Waals surface area contributed by atoms with Crippen molar-refractivity contribution in [2.75, 3.05) is 6.54 Å². The first kappa shape index (κ1) is 13.2. The highest BCUT2D eigenvalue weighted by Gasteiger charge is 2.12. The largest absolute Gasteiger partial charge is 0.350 e. The molecule has 0 radical (unpaired) electrons. The van der Waals surface area contributed by atoms with Crippen molar-refractivity contribution in [1.82, 2.24) is 15.3 Å². The van der Waals surface area contributed by atoms with Crippen LogP contribution in [0.5, 0.6) is 0 Å². The Balaban J connectivity index is 1.96. The molecule has 0 aliphatic heterocycles. The molecule has 0 saturated carbocycles. The van der Waals surface area contributed by atoms with Gasteiger partial charge < -0.3 is 5.32 Å². The van der Waals surface area contributed by atoms with E-state index in [1.165, 1.54) is 18.0 Å². The van der Waals surface area contributed by atoms with Gasteiger partial charge in [-0.1, -0.05) is 37.3 Å². The standard InChI is InChI=1S/C15H17N3O/c1-2-12(13-6-4-3-5-7-13)10-18-15(19)14-11-16-8-9-17-14/h3-9,11-12H,2,10H2,1H3,(H,18,19)/t12-/m0/s1. The molecule has 1 N–H and O–H groups in total. The van der Waals surface area contributed by atoms with E-state index in [1.54, 1.807) is 6.20 Å². The normalized spacial score (nSPS) is 11.8. The molecule has 4 nitrogen and oxygen atoms in total. The molecule has 0 unspecified atom stereocenters. The second-order valence-corrected chi connectivity index (χ2v) is 4.32. The van der Waals surface area contributed by atoms with Crippen molar-refractivity contribution in [3.05, 3.63) is 60.2 Å². The maximum atomic E-state index is 11.9. The van der Waals surface area contributed by atoms with Crippen molar-refractivity contribution in [3.63, 3.8) is 0 Å². The highest BCUT2D eigenvalue weighted by molar-refractivity contribution is 5.91. The van der Waals surface area contributed by atoms with E-state index in [9.17, 15) is 4.79 Å². The molecule has 1 aromatic heterocycles. The van der Waals surface area contributed by atoms with Crippen molar-refractivity contribution in [2.45, 2.75) is 19.3 Å². The van der Waals surface area contributed by atoms with Crippen LogP contribution in [-0.2, 0) is 0 Å². The molecular formula is C15H17N3O. The zero-order chi connectivity index (χ0) is 13.5. The van der Waals surface area contributed by atoms with E-state index in [1.807, 2.05) is 18.2 Å². The predicted octanol–water partition coefficient (Wildman–Crippen LogP) is 2.40. The van der Waals surface area contributed by atoms with Crippen molar-refractivity contribution >= 4 is 5.91 Å². The number of carbonyl (C=O) groups excluding carboxylic acids is 1. The summed E-state index contributed by atoms with van der Waals surface area (Å²) < 4.78 is 0. The topological polar surface area (TPSA) is 54.9 Å². The van der Waals surface area contributed by atoms with Gasteiger partial charge in [-0.3, -0.25) is 9.78 Å². The summed E-state index contributed by atoms with van der Waals surface area (Å²) in [5.41, 5.74) is 1.59. The van der Waals surface area contributed by atoms with E-state index in [-0.39, 0.29) is 5.91 Å². The second-order valence-electron chi connectivity index (χ2n) is 4.32. The number of hydrogen-bond donors (Lipinski definition) is 1. The second kappa shape index (κ2) is 6.64. The van der Waals surface area contributed by atoms with E-state index < -0.39 is 0 Å². The number of amides is 1. The fraction of sp³-hybridized carbons (Fsp3) is 0.267. The number of benzene rings is 1. The van der Waals surface area contributed by atoms with Crippen LogP contribution in [0.2, 0.25) is 0 Å². The Hall–Kier alpha value is -2.23. The van der Waals surface area contributed by atoms with E-state index in [2.05, 4.69) is 34.3 Å². The minimum Gasteiger partial charge on any atom is -0.350 e. The smallest absolute Gasteiger partial charge is 0.271 e. The van der Waals surface area contributed by atoms with Crippen LogP contribution in [0.3, 0.4) is 0 Å². The Morgan fingerprint density at radius 1 is 1.26 bits per heavy atom. The lowest BCUT2D eigenvalue weighted by Crippen LogP contribution is -2.29. The lowest BCUT2D eigenvalue weighted by molar-refractivity contribution is 0.0945. The number of rotatable bonds is 5. The summed E-state index contributed by atoms with van der Waals surface area (Å²) in [6.45, 7) is 2.72. The summed E-state index contributed by atoms with van der Waals surface area (Å²) in [7, 11) is 0. The first-order valence-corrected chi connectivity index (χ1v) is 6.40. The highest BCUT2D eigenvalue weighted by Crippen LogP contribution is 2.17. The number of hydrogen-bond acceptors (Lipinski definition) is 3. The molecule has 1 atom stereocenters. The third kappa shape index (κ3) is 3.61. The molecule has 0 saturated heterocycles. The predicted molar refractivity (Wildman–Crippen MR) is 73.8 cm³/mol. The molecule has 1 amide bonds. The Kier molecular flexibility index (Phi) is 4.61. The van der Waals surface area contributed by atoms with Crippen molar-refractivity contribution in [2.24, 2.45) is 0 Å². The molecule has 1 aromatic carbocycles. The van der Waals surface area contributed by atoms with Crippen LogP contribution >= 0.6 is 0 Å². The van der Waals surface area contributed by atoms with Crippen LogP contribution in [0.4, 0.5) is 0 Å². The summed E-state index contributed by atoms with van der Waals surface area (Å²) in [4.78, 5) is 19.8. The van der Waals surface area contributed by atoms with Gasteiger partial charge in [-0.05, 0) is 12.0 Å². The van der Waals surface area contributed by atoms with Crippen LogP contribution in [0.25, 0.3) is 0 Å². The van der Waals surface area contributed by atoms with Gasteiger partial charge in [0.25, 0.3) is 5.91 Å². The molecule has 98 valence electrons. The number of carbonyl (C=O) groups is 1. The van der Waals surface area contributed by atoms with E-state index in [0.29, 0.717) is 18.2 Å². The van der Waals surface area contributed by atoms with Crippen molar-refractivity contribution in [1.29, 1.82) is 0 Å². The van der Waals surface area contributed by atoms with Gasteiger partial charge in [0, 0.05) is 24.9 Å². The average Bonchev–Trinajstić information content (AvgIpc) is 2.49. The van der Waals surface area contributed by atoms with Gasteiger partial charge in [0.05, 0.1) is 6.20 Å². The summed E-state index contributed by atoms with van der Waals surface area (Å²) in [5, 5.41) is 2.91. The van der Waals surface area contributed by atoms with E-state index >= 15 is 0 Å². The molecule has 2 aromatic rings. The van der Waals surface area contributed by atoms with Crippen LogP contribution < -0.4 is 5.32 Å². The van der Waals surface area contributed by atoms with E-state index in [4.69, 9.17) is 0 Å². The highest BCUT2D eigenvalue weighted by atomic mass is 16.1. The summed E-state index contributed by atoms with van der Waals surface area (Å²) in [6.07, 6.45) is 5.52. The lowest BCUT2D eigenvalue weighted by Gasteiger charge is -2.15. The quantitative estimate of drug-likeness (QED) is 0.892. The Morgan fingerprint density at radius 3 is 2.68 bits per heavy atom. The average molecular weight is 255 g/mol. The molecule has 1 heterocycles. The molecule has 2 rings (SSSR count). The number of nitrogens with one attached hydrogen (secondary N) is 1. The Bertz CT molecular complexity index is 513. The maximum absolute atomic E-state index is 11.9. The molecule has 19 heavy (non-hydrogen) atoms. The molecule has 0 aliphatic rings. The molecule has 4 heteroatoms. The zero-order valence-electron chi connectivity index (χ0n) is 10.9. The third-order valence-corrected chi connectivity index (χ3v) is 3.07. The van der Waals surface area contributed by atoms with Gasteiger partial charge in [-0.2, -0.15) is 0 Å². The van der Waals surface area contributed by atoms with Gasteiger partial charge >= 0.3 is 0 Å². The van der Waals surface area contributed by atoms with Gasteiger partial charge in [0.15, 0.2) is 0 Å². The van der Waals surface area contributed by atoms with Gasteiger partial charge in [0.2, 0.25) is 0 Å². The zero-order valence-corrected chi connectivity index (χ0v) is 10.9. The van der Waals surface area contributed by atoms with Crippen LogP contribution in [0, 0.1) is 0 Å². The van der Waals surface area contributed by atoms with E-state index in [0.717, 1.165) is 6.42 Å². The minimum absolute atomic E-state index is 0.178. The first-order valence-electron chi connectivity index (χ1n) is 6.40. The first-order chi connectivity index (χ1) is 9.31. The molecule has 0 fully saturated rings. The summed E-state index contributed by atoms with van der Waals surface area (Å²) in [5.74, 6) is 0.143. The lowest BCUT2D eigenvalue weighted by atomic mass is 9.96. The Morgan fingerprint density at radius 2 is 2.05 bits per heavy atom. The Labute approximate surface area is 112 Å². The monoisotopic (exact) mass is 255 g/mol. The molecule has 0 aliphatic carbocycles. The number of aromatic nitrogens is 2. The molecule has 0 spiro atoms. The third-order valence-electron chi connectivity index (χ3n) is 3.07. The van der Waals surface area contributed by atoms with Gasteiger partial charge in [0.1, 0.15) is 5.69 Å². The van der Waals surface area contributed by atoms with Crippen molar-refractivity contribution < 1.29 is 4.79 Å². The fourth-order valence-electron chi connectivity index (χ4n) is 1.95. The summed E-state index contributed by atoms with van der Waals surface area (Å²) in [6, 6.07) is 10.2. The molecule has 0 bridgehead atoms. The summed E-state index contributed by atoms with van der Waals surface area (Å²) >= 11 is 0. The van der Waals surface area contributed by atoms with Crippen LogP contribution in [0.15, 0.2) is 48.9 Å². The van der Waals surface area contributed by atoms with Crippen molar-refractivity contribution in [3.8, 4) is 0 Å². The van der Waals surface area contributed by atoms with Gasteiger partial charge in [-0.15, -0.1) is 0 Å². The fourth-order valence-corrected chi connectivity index (χ4v) is 1.95. The maximum Gasteiger partial charge on any atom is 0.271 e. The van der Waals surface area contributed by atoms with Crippen LogP contribution in [-0.4, -0.2) is 22.4 Å². The van der Waals surface area contributed by atoms with Crippen LogP contribution in [0.1, 0.15) is 35.3 Å².